The van der Waals surface area contributed by atoms with Crippen molar-refractivity contribution in [3.63, 3.8) is 0 Å². The molecule has 3 atom stereocenters. The van der Waals surface area contributed by atoms with Crippen LogP contribution in [0.2, 0.25) is 5.02 Å². The van der Waals surface area contributed by atoms with Crippen LogP contribution in [0.25, 0.3) is 0 Å². The highest BCUT2D eigenvalue weighted by Crippen LogP contribution is 2.50. The van der Waals surface area contributed by atoms with Crippen molar-refractivity contribution in [1.82, 2.24) is 14.3 Å². The normalized spacial score (nSPS) is 27.8. The summed E-state index contributed by atoms with van der Waals surface area (Å²) in [5.41, 5.74) is 0. The quantitative estimate of drug-likeness (QED) is 0.595. The van der Waals surface area contributed by atoms with E-state index in [2.05, 4.69) is 14.9 Å². The molecule has 3 fully saturated rings. The fraction of sp³-hybridized carbons (Fsp3) is 0.800. The van der Waals surface area contributed by atoms with Crippen LogP contribution in [-0.2, 0) is 16.1 Å². The van der Waals surface area contributed by atoms with Gasteiger partial charge in [-0.05, 0) is 57.3 Å². The number of aromatic nitrogens is 2. The Bertz CT molecular complexity index is 636. The second-order valence-corrected chi connectivity index (χ2v) is 11.1. The van der Waals surface area contributed by atoms with Gasteiger partial charge in [0.15, 0.2) is 0 Å². The van der Waals surface area contributed by atoms with Gasteiger partial charge in [-0.15, -0.1) is 4.31 Å². The predicted octanol–water partition coefficient (Wildman–Crippen LogP) is 3.15. The number of rotatable bonds is 8. The van der Waals surface area contributed by atoms with Crippen LogP contribution in [0.3, 0.4) is 0 Å². The Balaban J connectivity index is 1.10. The van der Waals surface area contributed by atoms with Crippen molar-refractivity contribution in [2.45, 2.75) is 50.9 Å². The monoisotopic (exact) mass is 426 g/mol. The van der Waals surface area contributed by atoms with Gasteiger partial charge in [0.25, 0.3) is 0 Å². The van der Waals surface area contributed by atoms with Crippen molar-refractivity contribution in [2.75, 3.05) is 37.7 Å². The van der Waals surface area contributed by atoms with E-state index in [1.165, 1.54) is 25.7 Å². The van der Waals surface area contributed by atoms with Crippen LogP contribution in [0.4, 0.5) is 5.95 Å². The third kappa shape index (κ3) is 4.93. The molecule has 6 nitrogen and oxygen atoms in total. The second kappa shape index (κ2) is 9.04. The van der Waals surface area contributed by atoms with E-state index in [9.17, 15) is 4.55 Å². The van der Waals surface area contributed by atoms with E-state index in [1.54, 1.807) is 12.4 Å². The molecule has 3 heterocycles. The third-order valence-corrected chi connectivity index (χ3v) is 8.14. The lowest BCUT2D eigenvalue weighted by atomic mass is 9.90. The summed E-state index contributed by atoms with van der Waals surface area (Å²) < 4.78 is 20.0. The highest BCUT2D eigenvalue weighted by Gasteiger charge is 2.44. The van der Waals surface area contributed by atoms with E-state index in [1.807, 2.05) is 18.2 Å². The first-order valence-electron chi connectivity index (χ1n) is 10.5. The molecule has 28 heavy (non-hydrogen) atoms. The average molecular weight is 427 g/mol. The second-order valence-electron chi connectivity index (χ2n) is 8.64. The largest absolute Gasteiger partial charge is 0.598 e. The number of piperidine rings is 1. The Kier molecular flexibility index (Phi) is 6.67. The van der Waals surface area contributed by atoms with E-state index >= 15 is 0 Å². The third-order valence-electron chi connectivity index (χ3n) is 6.33. The van der Waals surface area contributed by atoms with Crippen LogP contribution in [-0.4, -0.2) is 63.0 Å². The topological polar surface area (TPSA) is 64.6 Å². The number of ether oxygens (including phenoxy) is 1. The minimum absolute atomic E-state index is 0.200. The number of hydrogen-bond donors (Lipinski definition) is 0. The lowest BCUT2D eigenvalue weighted by Crippen LogP contribution is -2.56. The first-order valence-corrected chi connectivity index (χ1v) is 12.1. The van der Waals surface area contributed by atoms with Crippen LogP contribution in [0.15, 0.2) is 12.4 Å². The Morgan fingerprint density at radius 2 is 1.93 bits per heavy atom. The molecule has 3 aliphatic rings. The predicted molar refractivity (Wildman–Crippen MR) is 113 cm³/mol. The maximum atomic E-state index is 12.0. The standard InChI is InChI=1S/C20H31ClN4O2S/c1-14(2)28(26)25-12-18(13-25)27-8-5-16-9-19(16)15-3-6-24(7-4-15)20-22-10-17(21)11-23-20/h10-11,14-16,18-19H,3-9,12-13H2,1-2H3. The molecule has 2 aliphatic heterocycles. The molecule has 0 N–H and O–H groups in total. The molecule has 0 amide bonds. The molecule has 3 unspecified atom stereocenters. The van der Waals surface area contributed by atoms with Gasteiger partial charge in [0.1, 0.15) is 5.25 Å². The Labute approximate surface area is 176 Å². The lowest BCUT2D eigenvalue weighted by molar-refractivity contribution is -0.0227. The van der Waals surface area contributed by atoms with Crippen LogP contribution in [0.5, 0.6) is 0 Å². The number of hydrogen-bond acceptors (Lipinski definition) is 6. The summed E-state index contributed by atoms with van der Waals surface area (Å²) in [6, 6.07) is 0. The maximum Gasteiger partial charge on any atom is 0.225 e. The van der Waals surface area contributed by atoms with Gasteiger partial charge in [0.2, 0.25) is 5.95 Å². The van der Waals surface area contributed by atoms with Crippen LogP contribution in [0.1, 0.15) is 39.5 Å². The summed E-state index contributed by atoms with van der Waals surface area (Å²) in [7, 11) is 0. The summed E-state index contributed by atoms with van der Waals surface area (Å²) in [5, 5.41) is 0.787. The van der Waals surface area contributed by atoms with Gasteiger partial charge < -0.3 is 14.2 Å². The summed E-state index contributed by atoms with van der Waals surface area (Å²) in [5.74, 6) is 3.35. The molecule has 0 aromatic carbocycles. The molecule has 0 spiro atoms. The number of nitrogens with zero attached hydrogens (tertiary/aromatic N) is 4. The number of halogens is 1. The van der Waals surface area contributed by atoms with Gasteiger partial charge in [0, 0.05) is 31.1 Å². The van der Waals surface area contributed by atoms with Gasteiger partial charge in [-0.1, -0.05) is 11.6 Å². The maximum absolute atomic E-state index is 12.0. The fourth-order valence-corrected chi connectivity index (χ4v) is 5.83. The zero-order valence-electron chi connectivity index (χ0n) is 16.8. The van der Waals surface area contributed by atoms with E-state index in [0.717, 1.165) is 56.5 Å². The minimum atomic E-state index is -0.846. The smallest absolute Gasteiger partial charge is 0.225 e. The van der Waals surface area contributed by atoms with E-state index < -0.39 is 11.4 Å². The Morgan fingerprint density at radius 3 is 2.57 bits per heavy atom. The van der Waals surface area contributed by atoms with Crippen molar-refractivity contribution < 1.29 is 9.29 Å². The summed E-state index contributed by atoms with van der Waals surface area (Å²) >= 11 is 5.03. The first kappa shape index (κ1) is 20.7. The van der Waals surface area contributed by atoms with Crippen molar-refractivity contribution in [3.05, 3.63) is 17.4 Å². The molecule has 156 valence electrons. The number of anilines is 1. The van der Waals surface area contributed by atoms with Crippen molar-refractivity contribution in [3.8, 4) is 0 Å². The van der Waals surface area contributed by atoms with E-state index in [0.29, 0.717) is 5.02 Å². The lowest BCUT2D eigenvalue weighted by Gasteiger charge is -2.39. The van der Waals surface area contributed by atoms with E-state index in [4.69, 9.17) is 16.3 Å². The summed E-state index contributed by atoms with van der Waals surface area (Å²) in [6.45, 7) is 8.59. The molecule has 1 saturated carbocycles. The van der Waals surface area contributed by atoms with Gasteiger partial charge in [-0.25, -0.2) is 9.97 Å². The molecule has 2 saturated heterocycles. The van der Waals surface area contributed by atoms with E-state index in [-0.39, 0.29) is 11.4 Å². The summed E-state index contributed by atoms with van der Waals surface area (Å²) in [6.07, 6.45) is 8.62. The highest BCUT2D eigenvalue weighted by molar-refractivity contribution is 7.89. The molecule has 0 radical (unpaired) electrons. The molecule has 4 rings (SSSR count). The van der Waals surface area contributed by atoms with Gasteiger partial charge in [-0.3, -0.25) is 0 Å². The first-order chi connectivity index (χ1) is 13.5. The molecule has 8 heteroatoms. The molecule has 1 aromatic heterocycles. The summed E-state index contributed by atoms with van der Waals surface area (Å²) in [4.78, 5) is 11.0. The molecule has 0 bridgehead atoms. The molecular weight excluding hydrogens is 396 g/mol. The van der Waals surface area contributed by atoms with Crippen LogP contribution < -0.4 is 4.90 Å². The average Bonchev–Trinajstić information content (AvgIpc) is 3.43. The van der Waals surface area contributed by atoms with Crippen molar-refractivity contribution in [2.24, 2.45) is 17.8 Å². The van der Waals surface area contributed by atoms with Crippen molar-refractivity contribution in [1.29, 1.82) is 0 Å². The van der Waals surface area contributed by atoms with Crippen LogP contribution >= 0.6 is 11.6 Å². The SMILES string of the molecule is CC(C)[S+]([O-])N1CC(OCCC2CC2C2CCN(c3ncc(Cl)cn3)CC2)C1. The Morgan fingerprint density at radius 1 is 1.25 bits per heavy atom. The zero-order chi connectivity index (χ0) is 19.7. The van der Waals surface area contributed by atoms with Gasteiger partial charge >= 0.3 is 0 Å². The van der Waals surface area contributed by atoms with Gasteiger partial charge in [0.05, 0.1) is 36.6 Å². The zero-order valence-corrected chi connectivity index (χ0v) is 18.4. The Hall–Kier alpha value is -0.600. The molecule has 1 aromatic rings. The van der Waals surface area contributed by atoms with Crippen LogP contribution in [0, 0.1) is 17.8 Å². The molecule has 1 aliphatic carbocycles. The highest BCUT2D eigenvalue weighted by atomic mass is 35.5. The molecular formula is C20H31ClN4O2S. The van der Waals surface area contributed by atoms with Gasteiger partial charge in [-0.2, -0.15) is 0 Å². The minimum Gasteiger partial charge on any atom is -0.598 e. The fourth-order valence-electron chi connectivity index (χ4n) is 4.51. The van der Waals surface area contributed by atoms with Crippen molar-refractivity contribution >= 4 is 28.9 Å².